The van der Waals surface area contributed by atoms with E-state index >= 15 is 0 Å². The Morgan fingerprint density at radius 2 is 1.41 bits per heavy atom. The average molecular weight is 298 g/mol. The van der Waals surface area contributed by atoms with Crippen molar-refractivity contribution in [2.45, 2.75) is 0 Å². The first-order valence-electron chi connectivity index (χ1n) is 6.29. The largest absolute Gasteiger partial charge is 0.507 e. The number of phenolic OH excluding ortho intramolecular Hbond substituents is 1. The molecule has 0 atom stereocenters. The quantitative estimate of drug-likeness (QED) is 0.846. The summed E-state index contributed by atoms with van der Waals surface area (Å²) in [5.41, 5.74) is 0.376. The van der Waals surface area contributed by atoms with Gasteiger partial charge in [0.2, 0.25) is 0 Å². The van der Waals surface area contributed by atoms with Crippen LogP contribution in [0.15, 0.2) is 48.9 Å². The number of carbonyl (C=O) groups is 2. The number of ketones is 1. The van der Waals surface area contributed by atoms with Gasteiger partial charge < -0.3 is 19.7 Å². The Labute approximate surface area is 124 Å². The zero-order chi connectivity index (χ0) is 15.7. The third-order valence-electron chi connectivity index (χ3n) is 3.15. The summed E-state index contributed by atoms with van der Waals surface area (Å²) in [7, 11) is 0. The summed E-state index contributed by atoms with van der Waals surface area (Å²) >= 11 is 0. The van der Waals surface area contributed by atoms with E-state index in [1.54, 1.807) is 0 Å². The normalized spacial score (nSPS) is 12.0. The highest BCUT2D eigenvalue weighted by Gasteiger charge is 2.19. The van der Waals surface area contributed by atoms with Gasteiger partial charge in [-0.05, 0) is 18.2 Å². The van der Waals surface area contributed by atoms with Crippen molar-refractivity contribution < 1.29 is 29.3 Å². The molecule has 1 aliphatic rings. The number of fused-ring (bicyclic) bond motifs is 1. The van der Waals surface area contributed by atoms with E-state index in [0.29, 0.717) is 11.5 Å². The van der Waals surface area contributed by atoms with Gasteiger partial charge in [0, 0.05) is 11.6 Å². The Balaban J connectivity index is 1.97. The van der Waals surface area contributed by atoms with Crippen LogP contribution in [-0.4, -0.2) is 22.0 Å². The monoisotopic (exact) mass is 298 g/mol. The number of benzene rings is 2. The molecule has 0 aliphatic carbocycles. The Morgan fingerprint density at radius 1 is 0.864 bits per heavy atom. The van der Waals surface area contributed by atoms with Crippen LogP contribution in [0, 0.1) is 0 Å². The van der Waals surface area contributed by atoms with Crippen molar-refractivity contribution in [3.63, 3.8) is 0 Å². The molecule has 3 rings (SSSR count). The fraction of sp³-hybridized carbons (Fsp3) is 0. The second-order valence-electron chi connectivity index (χ2n) is 4.54. The number of carboxylic acids is 1. The number of phenols is 1. The van der Waals surface area contributed by atoms with Gasteiger partial charge in [-0.2, -0.15) is 0 Å². The lowest BCUT2D eigenvalue weighted by atomic mass is 10.0. The smallest absolute Gasteiger partial charge is 0.335 e. The molecule has 0 unspecified atom stereocenters. The van der Waals surface area contributed by atoms with Gasteiger partial charge in [0.25, 0.3) is 0 Å². The van der Waals surface area contributed by atoms with Crippen LogP contribution in [0.25, 0.3) is 0 Å². The van der Waals surface area contributed by atoms with Gasteiger partial charge >= 0.3 is 5.97 Å². The zero-order valence-corrected chi connectivity index (χ0v) is 11.1. The zero-order valence-electron chi connectivity index (χ0n) is 11.1. The number of aromatic carboxylic acids is 1. The van der Waals surface area contributed by atoms with Crippen LogP contribution in [0.4, 0.5) is 0 Å². The minimum absolute atomic E-state index is 0.0423. The van der Waals surface area contributed by atoms with Crippen molar-refractivity contribution >= 4 is 11.8 Å². The molecular formula is C16H10O6. The highest BCUT2D eigenvalue weighted by atomic mass is 16.5. The van der Waals surface area contributed by atoms with Crippen molar-refractivity contribution in [2.75, 3.05) is 0 Å². The van der Waals surface area contributed by atoms with Gasteiger partial charge in [-0.3, -0.25) is 4.79 Å². The summed E-state index contributed by atoms with van der Waals surface area (Å²) in [6.45, 7) is 0. The topological polar surface area (TPSA) is 93.1 Å². The van der Waals surface area contributed by atoms with Crippen LogP contribution in [0.5, 0.6) is 17.2 Å². The van der Waals surface area contributed by atoms with Crippen molar-refractivity contribution in [3.05, 3.63) is 65.6 Å². The molecule has 0 amide bonds. The van der Waals surface area contributed by atoms with Crippen molar-refractivity contribution in [1.82, 2.24) is 0 Å². The molecule has 6 nitrogen and oxygen atoms in total. The third-order valence-corrected chi connectivity index (χ3v) is 3.15. The molecule has 2 N–H and O–H groups in total. The molecule has 2 aromatic carbocycles. The van der Waals surface area contributed by atoms with Crippen molar-refractivity contribution in [3.8, 4) is 17.2 Å². The molecule has 0 saturated carbocycles. The van der Waals surface area contributed by atoms with E-state index in [-0.39, 0.29) is 22.4 Å². The van der Waals surface area contributed by atoms with Crippen LogP contribution < -0.4 is 9.47 Å². The van der Waals surface area contributed by atoms with Crippen molar-refractivity contribution in [1.29, 1.82) is 0 Å². The fourth-order valence-electron chi connectivity index (χ4n) is 2.04. The Kier molecular flexibility index (Phi) is 3.27. The molecule has 110 valence electrons. The number of rotatable bonds is 3. The third kappa shape index (κ3) is 2.37. The lowest BCUT2D eigenvalue weighted by Gasteiger charge is -2.14. The van der Waals surface area contributed by atoms with Crippen LogP contribution >= 0.6 is 0 Å². The predicted octanol–water partition coefficient (Wildman–Crippen LogP) is 2.56. The summed E-state index contributed by atoms with van der Waals surface area (Å²) in [6.07, 6.45) is 2.63. The summed E-state index contributed by atoms with van der Waals surface area (Å²) in [5.74, 6) is -1.16. The SMILES string of the molecule is O=C(O)c1ccc(C(=O)c2cc3c(cc2O)OC=CO3)cc1. The summed E-state index contributed by atoms with van der Waals surface area (Å²) in [6, 6.07) is 8.10. The number of hydrogen-bond acceptors (Lipinski definition) is 5. The van der Waals surface area contributed by atoms with Crippen LogP contribution in [-0.2, 0) is 0 Å². The molecule has 22 heavy (non-hydrogen) atoms. The molecule has 6 heteroatoms. The van der Waals surface area contributed by atoms with Gasteiger partial charge in [0.05, 0.1) is 11.1 Å². The van der Waals surface area contributed by atoms with Gasteiger partial charge in [0.1, 0.15) is 18.3 Å². The fourth-order valence-corrected chi connectivity index (χ4v) is 2.04. The number of hydrogen-bond donors (Lipinski definition) is 2. The second-order valence-corrected chi connectivity index (χ2v) is 4.54. The summed E-state index contributed by atoms with van der Waals surface area (Å²) < 4.78 is 10.4. The predicted molar refractivity (Wildman–Crippen MR) is 75.3 cm³/mol. The lowest BCUT2D eigenvalue weighted by molar-refractivity contribution is 0.0696. The first kappa shape index (κ1) is 13.7. The molecule has 1 heterocycles. The average Bonchev–Trinajstić information content (AvgIpc) is 2.53. The first-order chi connectivity index (χ1) is 10.6. The number of carboxylic acid groups (broad SMARTS) is 1. The number of carbonyl (C=O) groups excluding carboxylic acids is 1. The van der Waals surface area contributed by atoms with E-state index in [4.69, 9.17) is 14.6 Å². The highest BCUT2D eigenvalue weighted by molar-refractivity contribution is 6.11. The first-order valence-corrected chi connectivity index (χ1v) is 6.29. The Morgan fingerprint density at radius 3 is 2.00 bits per heavy atom. The maximum Gasteiger partial charge on any atom is 0.335 e. The molecule has 0 aromatic heterocycles. The Hall–Kier alpha value is -3.28. The highest BCUT2D eigenvalue weighted by Crippen LogP contribution is 2.37. The number of ether oxygens (including phenoxy) is 2. The van der Waals surface area contributed by atoms with E-state index in [1.165, 1.54) is 48.9 Å². The second kappa shape index (κ2) is 5.25. The van der Waals surface area contributed by atoms with E-state index in [1.807, 2.05) is 0 Å². The molecule has 0 bridgehead atoms. The maximum absolute atomic E-state index is 12.4. The molecule has 1 aliphatic heterocycles. The molecule has 0 spiro atoms. The minimum atomic E-state index is -1.08. The maximum atomic E-state index is 12.4. The molecular weight excluding hydrogens is 288 g/mol. The molecule has 0 radical (unpaired) electrons. The van der Waals surface area contributed by atoms with Crippen LogP contribution in [0.2, 0.25) is 0 Å². The van der Waals surface area contributed by atoms with E-state index in [9.17, 15) is 14.7 Å². The van der Waals surface area contributed by atoms with E-state index in [0.717, 1.165) is 0 Å². The lowest BCUT2D eigenvalue weighted by Crippen LogP contribution is -2.05. The Bertz CT molecular complexity index is 789. The summed E-state index contributed by atoms with van der Waals surface area (Å²) in [5, 5.41) is 18.8. The van der Waals surface area contributed by atoms with Crippen molar-refractivity contribution in [2.24, 2.45) is 0 Å². The molecule has 2 aromatic rings. The van der Waals surface area contributed by atoms with Crippen LogP contribution in [0.1, 0.15) is 26.3 Å². The van der Waals surface area contributed by atoms with Gasteiger partial charge in [-0.25, -0.2) is 4.79 Å². The molecule has 0 fully saturated rings. The number of aromatic hydroxyl groups is 1. The standard InChI is InChI=1S/C16H10O6/c17-12-8-14-13(21-5-6-22-14)7-11(12)15(18)9-1-3-10(4-2-9)16(19)20/h1-8,17H,(H,19,20). The van der Waals surface area contributed by atoms with Crippen LogP contribution in [0.3, 0.4) is 0 Å². The summed E-state index contributed by atoms with van der Waals surface area (Å²) in [4.78, 5) is 23.2. The van der Waals surface area contributed by atoms with Gasteiger partial charge in [-0.1, -0.05) is 12.1 Å². The minimum Gasteiger partial charge on any atom is -0.507 e. The van der Waals surface area contributed by atoms with E-state index in [2.05, 4.69) is 0 Å². The van der Waals surface area contributed by atoms with Gasteiger partial charge in [-0.15, -0.1) is 0 Å². The molecule has 0 saturated heterocycles. The van der Waals surface area contributed by atoms with Gasteiger partial charge in [0.15, 0.2) is 17.3 Å². The van der Waals surface area contributed by atoms with E-state index < -0.39 is 11.8 Å².